The van der Waals surface area contributed by atoms with E-state index >= 15 is 0 Å². The highest BCUT2D eigenvalue weighted by Gasteiger charge is 2.23. The summed E-state index contributed by atoms with van der Waals surface area (Å²) in [6.45, 7) is 10.6. The van der Waals surface area contributed by atoms with E-state index in [9.17, 15) is 0 Å². The highest BCUT2D eigenvalue weighted by molar-refractivity contribution is 5.40. The molecule has 0 nitrogen and oxygen atoms in total. The molecule has 0 atom stereocenters. The summed E-state index contributed by atoms with van der Waals surface area (Å²) in [6, 6.07) is 4.69. The van der Waals surface area contributed by atoms with Crippen LogP contribution >= 0.6 is 0 Å². The highest BCUT2D eigenvalue weighted by Crippen LogP contribution is 2.39. The zero-order chi connectivity index (χ0) is 13.8. The topological polar surface area (TPSA) is 0 Å². The largest absolute Gasteiger partial charge is 0.103 e. The summed E-state index contributed by atoms with van der Waals surface area (Å²) in [5, 5.41) is 0. The molecule has 2 rings (SSSR count). The molecular weight excluding hydrogens is 228 g/mol. The molecule has 1 aromatic rings. The van der Waals surface area contributed by atoms with Gasteiger partial charge >= 0.3 is 0 Å². The minimum atomic E-state index is 0.805. The fourth-order valence-electron chi connectivity index (χ4n) is 3.53. The zero-order valence-corrected chi connectivity index (χ0v) is 12.8. The van der Waals surface area contributed by atoms with Gasteiger partial charge < -0.3 is 0 Å². The van der Waals surface area contributed by atoms with Gasteiger partial charge in [-0.1, -0.05) is 18.2 Å². The molecule has 0 aromatic heterocycles. The number of benzene rings is 1. The maximum absolute atomic E-state index is 3.84. The molecule has 1 fully saturated rings. The van der Waals surface area contributed by atoms with E-state index < -0.39 is 0 Å². The van der Waals surface area contributed by atoms with Crippen LogP contribution in [-0.2, 0) is 0 Å². The monoisotopic (exact) mass is 256 g/mol. The van der Waals surface area contributed by atoms with Gasteiger partial charge in [-0.05, 0) is 93.4 Å². The Labute approximate surface area is 118 Å². The minimum Gasteiger partial charge on any atom is -0.103 e. The maximum Gasteiger partial charge on any atom is -0.0159 e. The van der Waals surface area contributed by atoms with Crippen LogP contribution in [0.25, 0.3) is 0 Å². The molecule has 0 unspecified atom stereocenters. The molecular formula is C19H28. The lowest BCUT2D eigenvalue weighted by Gasteiger charge is -2.30. The van der Waals surface area contributed by atoms with Gasteiger partial charge in [0.15, 0.2) is 0 Å². The van der Waals surface area contributed by atoms with Crippen molar-refractivity contribution in [3.8, 4) is 0 Å². The molecule has 0 spiro atoms. The number of allylic oxidation sites excluding steroid dienone is 1. The van der Waals surface area contributed by atoms with Gasteiger partial charge in [-0.2, -0.15) is 0 Å². The minimum absolute atomic E-state index is 0.805. The van der Waals surface area contributed by atoms with E-state index in [2.05, 4.69) is 45.6 Å². The summed E-state index contributed by atoms with van der Waals surface area (Å²) in [6.07, 6.45) is 10.2. The Morgan fingerprint density at radius 3 is 2.37 bits per heavy atom. The number of hydrogen-bond acceptors (Lipinski definition) is 0. The second-order valence-corrected chi connectivity index (χ2v) is 6.31. The van der Waals surface area contributed by atoms with Crippen molar-refractivity contribution in [2.45, 2.75) is 65.2 Å². The van der Waals surface area contributed by atoms with E-state index in [-0.39, 0.29) is 0 Å². The standard InChI is InChI=1S/C19H28/c1-5-6-7-17-9-11-18(12-10-17)19-13-8-14(2)15(3)16(19)4/h5,8,13,17-18H,1,6-7,9-12H2,2-4H3. The number of hydrogen-bond donors (Lipinski definition) is 0. The molecule has 1 aromatic carbocycles. The van der Waals surface area contributed by atoms with Gasteiger partial charge in [0.2, 0.25) is 0 Å². The van der Waals surface area contributed by atoms with Crippen molar-refractivity contribution in [3.63, 3.8) is 0 Å². The summed E-state index contributed by atoms with van der Waals surface area (Å²) in [7, 11) is 0. The van der Waals surface area contributed by atoms with Crippen LogP contribution in [0.4, 0.5) is 0 Å². The van der Waals surface area contributed by atoms with Crippen LogP contribution in [0, 0.1) is 26.7 Å². The van der Waals surface area contributed by atoms with E-state index in [1.165, 1.54) is 55.2 Å². The first-order valence-corrected chi connectivity index (χ1v) is 7.81. The lowest BCUT2D eigenvalue weighted by atomic mass is 9.75. The SMILES string of the molecule is C=CCCC1CCC(c2ccc(C)c(C)c2C)CC1. The van der Waals surface area contributed by atoms with Gasteiger partial charge in [0.05, 0.1) is 0 Å². The molecule has 19 heavy (non-hydrogen) atoms. The summed E-state index contributed by atoms with van der Waals surface area (Å²) >= 11 is 0. The fourth-order valence-corrected chi connectivity index (χ4v) is 3.53. The summed E-state index contributed by atoms with van der Waals surface area (Å²) in [5.41, 5.74) is 6.08. The molecule has 1 aliphatic rings. The third kappa shape index (κ3) is 3.29. The van der Waals surface area contributed by atoms with E-state index in [0.29, 0.717) is 0 Å². The van der Waals surface area contributed by atoms with Crippen molar-refractivity contribution in [1.82, 2.24) is 0 Å². The Kier molecular flexibility index (Phi) is 4.85. The van der Waals surface area contributed by atoms with Gasteiger partial charge in [-0.3, -0.25) is 0 Å². The van der Waals surface area contributed by atoms with Crippen molar-refractivity contribution >= 4 is 0 Å². The van der Waals surface area contributed by atoms with E-state index in [0.717, 1.165) is 11.8 Å². The average Bonchev–Trinajstić information content (AvgIpc) is 2.44. The maximum atomic E-state index is 3.84. The van der Waals surface area contributed by atoms with E-state index in [1.54, 1.807) is 5.56 Å². The fraction of sp³-hybridized carbons (Fsp3) is 0.579. The molecule has 0 radical (unpaired) electrons. The Balaban J connectivity index is 2.02. The van der Waals surface area contributed by atoms with Crippen molar-refractivity contribution in [1.29, 1.82) is 0 Å². The molecule has 1 saturated carbocycles. The molecule has 0 bridgehead atoms. The second kappa shape index (κ2) is 6.41. The van der Waals surface area contributed by atoms with Crippen molar-refractivity contribution in [2.24, 2.45) is 5.92 Å². The lowest BCUT2D eigenvalue weighted by Crippen LogP contribution is -2.14. The average molecular weight is 256 g/mol. The molecule has 0 N–H and O–H groups in total. The molecule has 0 amide bonds. The summed E-state index contributed by atoms with van der Waals surface area (Å²) < 4.78 is 0. The van der Waals surface area contributed by atoms with E-state index in [4.69, 9.17) is 0 Å². The van der Waals surface area contributed by atoms with Crippen LogP contribution in [0.1, 0.15) is 66.7 Å². The Hall–Kier alpha value is -1.04. The van der Waals surface area contributed by atoms with Gasteiger partial charge in [-0.25, -0.2) is 0 Å². The molecule has 0 saturated heterocycles. The van der Waals surface area contributed by atoms with Crippen molar-refractivity contribution < 1.29 is 0 Å². The van der Waals surface area contributed by atoms with Crippen LogP contribution in [0.15, 0.2) is 24.8 Å². The Morgan fingerprint density at radius 1 is 1.05 bits per heavy atom. The van der Waals surface area contributed by atoms with Gasteiger partial charge in [0.25, 0.3) is 0 Å². The molecule has 0 aliphatic heterocycles. The van der Waals surface area contributed by atoms with Gasteiger partial charge in [-0.15, -0.1) is 6.58 Å². The zero-order valence-electron chi connectivity index (χ0n) is 12.8. The molecule has 1 aliphatic carbocycles. The predicted molar refractivity (Wildman–Crippen MR) is 84.8 cm³/mol. The van der Waals surface area contributed by atoms with Gasteiger partial charge in [0, 0.05) is 0 Å². The summed E-state index contributed by atoms with van der Waals surface area (Å²) in [5.74, 6) is 1.75. The van der Waals surface area contributed by atoms with Crippen LogP contribution in [-0.4, -0.2) is 0 Å². The van der Waals surface area contributed by atoms with Gasteiger partial charge in [0.1, 0.15) is 0 Å². The smallest absolute Gasteiger partial charge is 0.0159 e. The number of aryl methyl sites for hydroxylation is 1. The van der Waals surface area contributed by atoms with Crippen LogP contribution in [0.2, 0.25) is 0 Å². The first-order chi connectivity index (χ1) is 9.13. The molecule has 0 heterocycles. The highest BCUT2D eigenvalue weighted by atomic mass is 14.3. The normalized spacial score (nSPS) is 23.3. The number of rotatable bonds is 4. The molecule has 0 heteroatoms. The van der Waals surface area contributed by atoms with Crippen molar-refractivity contribution in [2.75, 3.05) is 0 Å². The van der Waals surface area contributed by atoms with Crippen LogP contribution in [0.3, 0.4) is 0 Å². The Bertz CT molecular complexity index is 434. The predicted octanol–water partition coefficient (Wildman–Crippen LogP) is 5.85. The second-order valence-electron chi connectivity index (χ2n) is 6.31. The quantitative estimate of drug-likeness (QED) is 0.593. The first-order valence-electron chi connectivity index (χ1n) is 7.81. The van der Waals surface area contributed by atoms with Crippen LogP contribution in [0.5, 0.6) is 0 Å². The van der Waals surface area contributed by atoms with Crippen molar-refractivity contribution in [3.05, 3.63) is 47.0 Å². The third-order valence-corrected chi connectivity index (χ3v) is 5.17. The van der Waals surface area contributed by atoms with Crippen LogP contribution < -0.4 is 0 Å². The Morgan fingerprint density at radius 2 is 1.74 bits per heavy atom. The summed E-state index contributed by atoms with van der Waals surface area (Å²) in [4.78, 5) is 0. The lowest BCUT2D eigenvalue weighted by molar-refractivity contribution is 0.311. The third-order valence-electron chi connectivity index (χ3n) is 5.17. The first kappa shape index (κ1) is 14.4. The van der Waals surface area contributed by atoms with E-state index in [1.807, 2.05) is 0 Å². The molecule has 104 valence electrons.